The maximum Gasteiger partial charge on any atom is 0.330 e. The van der Waals surface area contributed by atoms with Crippen LogP contribution in [0.2, 0.25) is 0 Å². The molecule has 0 bridgehead atoms. The van der Waals surface area contributed by atoms with Crippen LogP contribution in [0.15, 0.2) is 40.2 Å². The fourth-order valence-electron chi connectivity index (χ4n) is 1.52. The fourth-order valence-corrected chi connectivity index (χ4v) is 2.48. The van der Waals surface area contributed by atoms with Crippen LogP contribution < -0.4 is 4.74 Å². The van der Waals surface area contributed by atoms with E-state index in [-0.39, 0.29) is 6.61 Å². The van der Waals surface area contributed by atoms with Gasteiger partial charge in [0.2, 0.25) is 0 Å². The van der Waals surface area contributed by atoms with Gasteiger partial charge in [-0.1, -0.05) is 22.0 Å². The predicted octanol–water partition coefficient (Wildman–Crippen LogP) is 3.85. The summed E-state index contributed by atoms with van der Waals surface area (Å²) < 4.78 is 11.4. The van der Waals surface area contributed by atoms with Crippen LogP contribution in [-0.2, 0) is 9.53 Å². The molecule has 0 fully saturated rings. The van der Waals surface area contributed by atoms with Crippen molar-refractivity contribution in [2.75, 3.05) is 13.2 Å². The minimum atomic E-state index is -0.404. The molecule has 110 valence electrons. The number of ether oxygens (including phenoxy) is 2. The van der Waals surface area contributed by atoms with Gasteiger partial charge in [0, 0.05) is 15.9 Å². The van der Waals surface area contributed by atoms with Gasteiger partial charge in [-0.3, -0.25) is 0 Å². The maximum absolute atomic E-state index is 11.5. The molecule has 0 atom stereocenters. The van der Waals surface area contributed by atoms with E-state index >= 15 is 0 Å². The average molecular weight is 368 g/mol. The summed E-state index contributed by atoms with van der Waals surface area (Å²) >= 11 is 4.90. The van der Waals surface area contributed by atoms with E-state index in [1.54, 1.807) is 6.08 Å². The molecule has 6 heteroatoms. The molecule has 0 amide bonds. The summed E-state index contributed by atoms with van der Waals surface area (Å²) in [6.45, 7) is 2.43. The second kappa shape index (κ2) is 7.95. The first-order valence-corrected chi connectivity index (χ1v) is 7.96. The van der Waals surface area contributed by atoms with Crippen molar-refractivity contribution < 1.29 is 14.3 Å². The van der Waals surface area contributed by atoms with Gasteiger partial charge < -0.3 is 9.47 Å². The van der Waals surface area contributed by atoms with Crippen molar-refractivity contribution in [1.29, 1.82) is 0 Å². The summed E-state index contributed by atoms with van der Waals surface area (Å²) in [6.07, 6.45) is 3.01. The number of carbonyl (C=O) groups is 1. The minimum Gasteiger partial charge on any atom is -0.490 e. The Kier molecular flexibility index (Phi) is 5.95. The molecule has 0 radical (unpaired) electrons. The lowest BCUT2D eigenvalue weighted by molar-refractivity contribution is -0.138. The van der Waals surface area contributed by atoms with Gasteiger partial charge in [-0.25, -0.2) is 9.78 Å². The van der Waals surface area contributed by atoms with Crippen molar-refractivity contribution in [3.05, 3.63) is 50.9 Å². The van der Waals surface area contributed by atoms with Crippen molar-refractivity contribution in [2.24, 2.45) is 0 Å². The Labute approximate surface area is 135 Å². The zero-order chi connectivity index (χ0) is 15.1. The van der Waals surface area contributed by atoms with Crippen molar-refractivity contribution >= 4 is 39.3 Å². The summed E-state index contributed by atoms with van der Waals surface area (Å²) in [4.78, 5) is 15.7. The molecule has 1 aromatic heterocycles. The largest absolute Gasteiger partial charge is 0.490 e. The maximum atomic E-state index is 11.5. The Morgan fingerprint density at radius 2 is 2.29 bits per heavy atom. The van der Waals surface area contributed by atoms with Crippen LogP contribution in [-0.4, -0.2) is 24.2 Å². The molecule has 2 rings (SSSR count). The second-order valence-electron chi connectivity index (χ2n) is 4.10. The minimum absolute atomic E-state index is 0.200. The molecule has 0 aliphatic rings. The van der Waals surface area contributed by atoms with E-state index in [0.29, 0.717) is 6.61 Å². The quantitative estimate of drug-likeness (QED) is 0.442. The monoisotopic (exact) mass is 367 g/mol. The van der Waals surface area contributed by atoms with E-state index in [1.807, 2.05) is 36.6 Å². The van der Waals surface area contributed by atoms with Gasteiger partial charge in [0.1, 0.15) is 19.0 Å². The second-order valence-corrected chi connectivity index (χ2v) is 6.08. The summed E-state index contributed by atoms with van der Waals surface area (Å²) in [5.74, 6) is 0.326. The van der Waals surface area contributed by atoms with Gasteiger partial charge in [0.25, 0.3) is 0 Å². The molecule has 0 N–H and O–H groups in total. The third-order valence-electron chi connectivity index (χ3n) is 2.42. The Morgan fingerprint density at radius 3 is 3.00 bits per heavy atom. The first-order chi connectivity index (χ1) is 10.1. The highest BCUT2D eigenvalue weighted by atomic mass is 79.9. The SMILES string of the molecule is Cc1nc(/C=C/C(=O)OCCOc2cccc(Br)c2)cs1. The number of benzene rings is 1. The molecular weight excluding hydrogens is 354 g/mol. The first kappa shape index (κ1) is 15.7. The zero-order valence-corrected chi connectivity index (χ0v) is 13.8. The molecule has 0 aliphatic heterocycles. The Hall–Kier alpha value is -1.66. The normalized spacial score (nSPS) is 10.8. The van der Waals surface area contributed by atoms with Gasteiger partial charge in [0.15, 0.2) is 0 Å². The van der Waals surface area contributed by atoms with Gasteiger partial charge in [-0.05, 0) is 31.2 Å². The molecule has 4 nitrogen and oxygen atoms in total. The Morgan fingerprint density at radius 1 is 1.43 bits per heavy atom. The van der Waals surface area contributed by atoms with Crippen molar-refractivity contribution in [3.8, 4) is 5.75 Å². The van der Waals surface area contributed by atoms with Gasteiger partial charge >= 0.3 is 5.97 Å². The van der Waals surface area contributed by atoms with Gasteiger partial charge in [-0.2, -0.15) is 0 Å². The number of halogens is 1. The average Bonchev–Trinajstić information content (AvgIpc) is 2.87. The summed E-state index contributed by atoms with van der Waals surface area (Å²) in [5.41, 5.74) is 0.764. The molecule has 21 heavy (non-hydrogen) atoms. The molecule has 0 spiro atoms. The highest BCUT2D eigenvalue weighted by Crippen LogP contribution is 2.17. The van der Waals surface area contributed by atoms with E-state index in [9.17, 15) is 4.79 Å². The van der Waals surface area contributed by atoms with Crippen molar-refractivity contribution in [1.82, 2.24) is 4.98 Å². The predicted molar refractivity (Wildman–Crippen MR) is 86.5 cm³/mol. The molecule has 2 aromatic rings. The number of hydrogen-bond acceptors (Lipinski definition) is 5. The lowest BCUT2D eigenvalue weighted by Crippen LogP contribution is -2.10. The van der Waals surface area contributed by atoms with Crippen LogP contribution in [0.1, 0.15) is 10.7 Å². The molecule has 0 unspecified atom stereocenters. The fraction of sp³-hybridized carbons (Fsp3) is 0.200. The first-order valence-electron chi connectivity index (χ1n) is 6.29. The lowest BCUT2D eigenvalue weighted by atomic mass is 10.3. The number of hydrogen-bond donors (Lipinski definition) is 0. The number of esters is 1. The van der Waals surface area contributed by atoms with Crippen LogP contribution in [0.3, 0.4) is 0 Å². The van der Waals surface area contributed by atoms with E-state index in [0.717, 1.165) is 20.9 Å². The molecule has 1 heterocycles. The summed E-state index contributed by atoms with van der Waals surface area (Å²) in [7, 11) is 0. The third kappa shape index (κ3) is 5.69. The van der Waals surface area contributed by atoms with Crippen LogP contribution in [0.25, 0.3) is 6.08 Å². The van der Waals surface area contributed by atoms with Crippen LogP contribution >= 0.6 is 27.3 Å². The van der Waals surface area contributed by atoms with Crippen molar-refractivity contribution in [3.63, 3.8) is 0 Å². The highest BCUT2D eigenvalue weighted by molar-refractivity contribution is 9.10. The molecular formula is C15H14BrNO3S. The van der Waals surface area contributed by atoms with E-state index in [1.165, 1.54) is 17.4 Å². The van der Waals surface area contributed by atoms with Crippen LogP contribution in [0.5, 0.6) is 5.75 Å². The number of aromatic nitrogens is 1. The number of nitrogens with zero attached hydrogens (tertiary/aromatic N) is 1. The molecule has 0 aliphatic carbocycles. The van der Waals surface area contributed by atoms with E-state index in [2.05, 4.69) is 20.9 Å². The Bertz CT molecular complexity index is 639. The summed E-state index contributed by atoms with van der Waals surface area (Å²) in [5, 5.41) is 2.85. The van der Waals surface area contributed by atoms with Gasteiger partial charge in [0.05, 0.1) is 10.7 Å². The number of rotatable bonds is 6. The molecule has 0 saturated carbocycles. The third-order valence-corrected chi connectivity index (χ3v) is 3.70. The van der Waals surface area contributed by atoms with Crippen LogP contribution in [0.4, 0.5) is 0 Å². The lowest BCUT2D eigenvalue weighted by Gasteiger charge is -2.06. The van der Waals surface area contributed by atoms with E-state index < -0.39 is 5.97 Å². The zero-order valence-electron chi connectivity index (χ0n) is 11.4. The number of aryl methyl sites for hydroxylation is 1. The summed E-state index contributed by atoms with van der Waals surface area (Å²) in [6, 6.07) is 7.49. The standard InChI is InChI=1S/C15H14BrNO3S/c1-11-17-13(10-21-11)5-6-15(18)20-8-7-19-14-4-2-3-12(16)9-14/h2-6,9-10H,7-8H2,1H3/b6-5+. The highest BCUT2D eigenvalue weighted by Gasteiger charge is 2.00. The van der Waals surface area contributed by atoms with E-state index in [4.69, 9.17) is 9.47 Å². The smallest absolute Gasteiger partial charge is 0.330 e. The van der Waals surface area contributed by atoms with Crippen molar-refractivity contribution in [2.45, 2.75) is 6.92 Å². The van der Waals surface area contributed by atoms with Crippen LogP contribution in [0, 0.1) is 6.92 Å². The number of thiazole rings is 1. The molecule has 0 saturated heterocycles. The molecule has 1 aromatic carbocycles. The number of carbonyl (C=O) groups excluding carboxylic acids is 1. The Balaban J connectivity index is 1.68. The van der Waals surface area contributed by atoms with Gasteiger partial charge in [-0.15, -0.1) is 11.3 Å². The topological polar surface area (TPSA) is 48.4 Å².